The first kappa shape index (κ1) is 15.5. The summed E-state index contributed by atoms with van der Waals surface area (Å²) in [6, 6.07) is 13.1. The second-order valence-corrected chi connectivity index (χ2v) is 5.31. The van der Waals surface area contributed by atoms with Crippen LogP contribution in [0.25, 0.3) is 0 Å². The number of rotatable bonds is 3. The molecule has 0 aliphatic rings. The number of nitrogens with zero attached hydrogens (tertiary/aromatic N) is 1. The molecule has 0 spiro atoms. The maximum Gasteiger partial charge on any atom is 0.248 e. The van der Waals surface area contributed by atoms with Gasteiger partial charge in [-0.3, -0.25) is 4.79 Å². The Bertz CT molecular complexity index is 540. The molecule has 0 aliphatic carbocycles. The summed E-state index contributed by atoms with van der Waals surface area (Å²) in [6.45, 7) is 0.336. The van der Waals surface area contributed by atoms with Gasteiger partial charge < -0.3 is 17.0 Å². The highest BCUT2D eigenvalue weighted by Crippen LogP contribution is 2.11. The number of carbonyl (C=O) groups is 1. The van der Waals surface area contributed by atoms with Crippen LogP contribution in [0.15, 0.2) is 57.7 Å². The SMILES string of the molecule is O=C(C[n+]1ccccc1Br)c1ccc(Br)cc1.[Br-]. The number of Topliss-reactive ketones (excluding diaryl/α,β-unsaturated/α-hetero) is 1. The van der Waals surface area contributed by atoms with Crippen molar-refractivity contribution in [3.63, 3.8) is 0 Å². The molecule has 0 aliphatic heterocycles. The first-order chi connectivity index (χ1) is 8.16. The molecule has 0 fully saturated rings. The first-order valence-electron chi connectivity index (χ1n) is 5.09. The first-order valence-corrected chi connectivity index (χ1v) is 6.68. The van der Waals surface area contributed by atoms with Gasteiger partial charge in [0.15, 0.2) is 6.20 Å². The van der Waals surface area contributed by atoms with Crippen LogP contribution in [0.4, 0.5) is 0 Å². The van der Waals surface area contributed by atoms with Gasteiger partial charge in [0.2, 0.25) is 16.9 Å². The molecule has 0 saturated carbocycles. The summed E-state index contributed by atoms with van der Waals surface area (Å²) >= 11 is 6.76. The van der Waals surface area contributed by atoms with Gasteiger partial charge in [-0.2, -0.15) is 4.57 Å². The van der Waals surface area contributed by atoms with Crippen molar-refractivity contribution in [1.29, 1.82) is 0 Å². The third-order valence-electron chi connectivity index (χ3n) is 2.37. The van der Waals surface area contributed by atoms with E-state index in [1.807, 2.05) is 53.2 Å². The van der Waals surface area contributed by atoms with E-state index in [1.54, 1.807) is 0 Å². The molecule has 5 heteroatoms. The number of pyridine rings is 1. The molecule has 18 heavy (non-hydrogen) atoms. The van der Waals surface area contributed by atoms with Crippen molar-refractivity contribution in [2.45, 2.75) is 6.54 Å². The minimum absolute atomic E-state index is 0. The Labute approximate surface area is 133 Å². The van der Waals surface area contributed by atoms with E-state index in [0.717, 1.165) is 14.6 Å². The summed E-state index contributed by atoms with van der Waals surface area (Å²) < 4.78 is 3.73. The van der Waals surface area contributed by atoms with Crippen molar-refractivity contribution in [2.75, 3.05) is 0 Å². The molecule has 1 aromatic heterocycles. The van der Waals surface area contributed by atoms with Gasteiger partial charge in [0.05, 0.1) is 0 Å². The highest BCUT2D eigenvalue weighted by atomic mass is 79.9. The molecule has 0 radical (unpaired) electrons. The maximum absolute atomic E-state index is 12.0. The molecule has 1 heterocycles. The van der Waals surface area contributed by atoms with Crippen LogP contribution in [0.3, 0.4) is 0 Å². The topological polar surface area (TPSA) is 20.9 Å². The highest BCUT2D eigenvalue weighted by molar-refractivity contribution is 9.10. The molecule has 1 aromatic carbocycles. The molecule has 0 amide bonds. The summed E-state index contributed by atoms with van der Waals surface area (Å²) in [5.74, 6) is 0.0920. The Kier molecular flexibility index (Phi) is 6.18. The molecule has 0 atom stereocenters. The Balaban J connectivity index is 0.00000162. The fraction of sp³-hybridized carbons (Fsp3) is 0.0769. The minimum atomic E-state index is 0. The van der Waals surface area contributed by atoms with Crippen LogP contribution in [-0.4, -0.2) is 5.78 Å². The van der Waals surface area contributed by atoms with Crippen LogP contribution < -0.4 is 21.5 Å². The number of ketones is 1. The summed E-state index contributed by atoms with van der Waals surface area (Å²) in [5.41, 5.74) is 0.719. The van der Waals surface area contributed by atoms with E-state index in [4.69, 9.17) is 0 Å². The lowest BCUT2D eigenvalue weighted by atomic mass is 10.1. The number of benzene rings is 1. The fourth-order valence-corrected chi connectivity index (χ4v) is 2.13. The summed E-state index contributed by atoms with van der Waals surface area (Å²) in [7, 11) is 0. The van der Waals surface area contributed by atoms with Gasteiger partial charge in [0, 0.05) is 38.1 Å². The minimum Gasteiger partial charge on any atom is -1.00 e. The third-order valence-corrected chi connectivity index (χ3v) is 3.61. The molecule has 0 N–H and O–H groups in total. The number of carbonyl (C=O) groups excluding carboxylic acids is 1. The second kappa shape index (κ2) is 7.16. The lowest BCUT2D eigenvalue weighted by Gasteiger charge is -1.99. The monoisotopic (exact) mass is 433 g/mol. The zero-order chi connectivity index (χ0) is 12.3. The van der Waals surface area contributed by atoms with Crippen molar-refractivity contribution in [2.24, 2.45) is 0 Å². The van der Waals surface area contributed by atoms with Gasteiger partial charge in [-0.05, 0) is 18.2 Å². The lowest BCUT2D eigenvalue weighted by Crippen LogP contribution is -3.00. The Morgan fingerprint density at radius 3 is 2.33 bits per heavy atom. The Hall–Kier alpha value is -0.520. The zero-order valence-corrected chi connectivity index (χ0v) is 14.1. The number of hydrogen-bond donors (Lipinski definition) is 0. The van der Waals surface area contributed by atoms with Crippen molar-refractivity contribution in [1.82, 2.24) is 0 Å². The number of halogens is 3. The third kappa shape index (κ3) is 4.00. The Morgan fingerprint density at radius 1 is 1.06 bits per heavy atom. The number of aromatic nitrogens is 1. The zero-order valence-electron chi connectivity index (χ0n) is 9.32. The average Bonchev–Trinajstić information content (AvgIpc) is 2.33. The average molecular weight is 436 g/mol. The van der Waals surface area contributed by atoms with Gasteiger partial charge in [-0.1, -0.05) is 28.1 Å². The largest absolute Gasteiger partial charge is 1.00 e. The van der Waals surface area contributed by atoms with E-state index in [1.165, 1.54) is 0 Å². The maximum atomic E-state index is 12.0. The van der Waals surface area contributed by atoms with Crippen LogP contribution in [0, 0.1) is 0 Å². The number of hydrogen-bond acceptors (Lipinski definition) is 1. The van der Waals surface area contributed by atoms with Gasteiger partial charge >= 0.3 is 0 Å². The van der Waals surface area contributed by atoms with Crippen molar-refractivity contribution >= 4 is 37.6 Å². The molecule has 2 aromatic rings. The molecule has 0 bridgehead atoms. The molecule has 2 nitrogen and oxygen atoms in total. The summed E-state index contributed by atoms with van der Waals surface area (Å²) in [5, 5.41) is 0. The van der Waals surface area contributed by atoms with Crippen molar-refractivity contribution in [3.8, 4) is 0 Å². The summed E-state index contributed by atoms with van der Waals surface area (Å²) in [4.78, 5) is 12.0. The van der Waals surface area contributed by atoms with Crippen LogP contribution in [-0.2, 0) is 6.54 Å². The molecular formula is C13H10Br3NO. The van der Waals surface area contributed by atoms with Crippen LogP contribution in [0.2, 0.25) is 0 Å². The standard InChI is InChI=1S/C13H10Br2NO.BrH/c14-11-6-4-10(5-7-11)12(17)9-16-8-2-1-3-13(16)15;/h1-8H,9H2;1H/q+1;/p-1. The van der Waals surface area contributed by atoms with E-state index in [2.05, 4.69) is 31.9 Å². The highest BCUT2D eigenvalue weighted by Gasteiger charge is 2.14. The van der Waals surface area contributed by atoms with Gasteiger partial charge in [0.1, 0.15) is 0 Å². The molecule has 2 rings (SSSR count). The molecular weight excluding hydrogens is 426 g/mol. The smallest absolute Gasteiger partial charge is 0.248 e. The molecule has 0 unspecified atom stereocenters. The lowest BCUT2D eigenvalue weighted by molar-refractivity contribution is -0.694. The van der Waals surface area contributed by atoms with Crippen molar-refractivity contribution < 1.29 is 26.3 Å². The van der Waals surface area contributed by atoms with Crippen LogP contribution in [0.5, 0.6) is 0 Å². The van der Waals surface area contributed by atoms with Crippen LogP contribution in [0.1, 0.15) is 10.4 Å². The predicted octanol–water partition coefficient (Wildman–Crippen LogP) is 0.386. The van der Waals surface area contributed by atoms with E-state index < -0.39 is 0 Å². The molecule has 0 saturated heterocycles. The fourth-order valence-electron chi connectivity index (χ4n) is 1.47. The van der Waals surface area contributed by atoms with Gasteiger partial charge in [-0.25, -0.2) is 0 Å². The van der Waals surface area contributed by atoms with E-state index >= 15 is 0 Å². The quantitative estimate of drug-likeness (QED) is 0.388. The van der Waals surface area contributed by atoms with Gasteiger partial charge in [0.25, 0.3) is 0 Å². The Morgan fingerprint density at radius 2 is 1.72 bits per heavy atom. The normalized spacial score (nSPS) is 9.67. The van der Waals surface area contributed by atoms with Crippen molar-refractivity contribution in [3.05, 3.63) is 63.3 Å². The second-order valence-electron chi connectivity index (χ2n) is 3.58. The van der Waals surface area contributed by atoms with Gasteiger partial charge in [-0.15, -0.1) is 0 Å². The van der Waals surface area contributed by atoms with E-state index in [0.29, 0.717) is 6.54 Å². The van der Waals surface area contributed by atoms with Crippen LogP contribution >= 0.6 is 31.9 Å². The summed E-state index contributed by atoms with van der Waals surface area (Å²) in [6.07, 6.45) is 1.88. The van der Waals surface area contributed by atoms with E-state index in [-0.39, 0.29) is 22.8 Å². The predicted molar refractivity (Wildman–Crippen MR) is 72.8 cm³/mol. The molecule has 94 valence electrons. The van der Waals surface area contributed by atoms with E-state index in [9.17, 15) is 4.79 Å².